The minimum Gasteiger partial charge on any atom is -0.480 e. The summed E-state index contributed by atoms with van der Waals surface area (Å²) in [5.41, 5.74) is 0. The zero-order valence-electron chi connectivity index (χ0n) is 16.2. The minimum absolute atomic E-state index is 0.0257. The van der Waals surface area contributed by atoms with Crippen LogP contribution < -0.4 is 5.32 Å². The van der Waals surface area contributed by atoms with E-state index in [2.05, 4.69) is 5.32 Å². The van der Waals surface area contributed by atoms with Crippen LogP contribution >= 0.6 is 23.5 Å². The summed E-state index contributed by atoms with van der Waals surface area (Å²) in [6.07, 6.45) is 2.39. The molecular weight excluding hydrogens is 388 g/mol. The standard InChI is InChI=1S/C18H28N2O5S2/c1-5-10(2)15(27-12(4)21)16(23)19-18-11(3)7-6-8-14(22)20(18)13(9-26-18)17(24)25/h10-11,13,15H,5-9H2,1-4H3,(H,19,23)(H,24,25)/t10-,11?,13?,15-,18?/m0/s1. The van der Waals surface area contributed by atoms with Gasteiger partial charge in [-0.2, -0.15) is 0 Å². The fourth-order valence-corrected chi connectivity index (χ4v) is 6.26. The maximum atomic E-state index is 13.1. The Kier molecular flexibility index (Phi) is 7.24. The molecule has 2 aliphatic rings. The molecule has 2 heterocycles. The van der Waals surface area contributed by atoms with E-state index in [1.165, 1.54) is 23.6 Å². The Balaban J connectivity index is 2.38. The van der Waals surface area contributed by atoms with Gasteiger partial charge < -0.3 is 10.4 Å². The third kappa shape index (κ3) is 4.45. The van der Waals surface area contributed by atoms with Gasteiger partial charge >= 0.3 is 5.97 Å². The zero-order chi connectivity index (χ0) is 20.4. The number of hydrogen-bond acceptors (Lipinski definition) is 6. The number of rotatable bonds is 6. The summed E-state index contributed by atoms with van der Waals surface area (Å²) in [4.78, 5) is 49.5. The lowest BCUT2D eigenvalue weighted by Crippen LogP contribution is -2.64. The number of carbonyl (C=O) groups excluding carboxylic acids is 3. The first-order valence-electron chi connectivity index (χ1n) is 9.32. The Morgan fingerprint density at radius 1 is 1.44 bits per heavy atom. The predicted molar refractivity (Wildman–Crippen MR) is 106 cm³/mol. The number of aliphatic carboxylic acids is 1. The predicted octanol–water partition coefficient (Wildman–Crippen LogP) is 2.30. The Labute approximate surface area is 168 Å². The van der Waals surface area contributed by atoms with Crippen LogP contribution in [0.15, 0.2) is 0 Å². The smallest absolute Gasteiger partial charge is 0.327 e. The Hall–Kier alpha value is -1.22. The quantitative estimate of drug-likeness (QED) is 0.685. The minimum atomic E-state index is -1.07. The summed E-state index contributed by atoms with van der Waals surface area (Å²) in [6.45, 7) is 7.25. The van der Waals surface area contributed by atoms with Crippen molar-refractivity contribution in [3.05, 3.63) is 0 Å². The first kappa shape index (κ1) is 22.1. The van der Waals surface area contributed by atoms with Crippen molar-refractivity contribution in [3.63, 3.8) is 0 Å². The maximum Gasteiger partial charge on any atom is 0.327 e. The van der Waals surface area contributed by atoms with Crippen LogP contribution in [0.2, 0.25) is 0 Å². The molecule has 27 heavy (non-hydrogen) atoms. The molecule has 0 aromatic carbocycles. The van der Waals surface area contributed by atoms with E-state index in [-0.39, 0.29) is 40.9 Å². The molecule has 0 aromatic rings. The van der Waals surface area contributed by atoms with Crippen LogP contribution in [-0.2, 0) is 19.2 Å². The first-order valence-corrected chi connectivity index (χ1v) is 11.2. The topological polar surface area (TPSA) is 104 Å². The van der Waals surface area contributed by atoms with Crippen LogP contribution in [0, 0.1) is 11.8 Å². The SMILES string of the molecule is CC[C@H](C)[C@H](SC(C)=O)C(=O)NC12SCC(C(=O)O)N1C(=O)CCCC2C. The molecule has 0 saturated carbocycles. The fraction of sp³-hybridized carbons (Fsp3) is 0.778. The number of fused-ring (bicyclic) bond motifs is 1. The van der Waals surface area contributed by atoms with Crippen LogP contribution in [-0.4, -0.2) is 54.9 Å². The van der Waals surface area contributed by atoms with Gasteiger partial charge in [-0.05, 0) is 18.8 Å². The number of carboxylic acids is 1. The van der Waals surface area contributed by atoms with Gasteiger partial charge in [0.2, 0.25) is 11.8 Å². The average molecular weight is 417 g/mol. The van der Waals surface area contributed by atoms with Gasteiger partial charge in [0.25, 0.3) is 0 Å². The van der Waals surface area contributed by atoms with Crippen molar-refractivity contribution >= 4 is 46.4 Å². The Morgan fingerprint density at radius 3 is 2.67 bits per heavy atom. The number of nitrogens with one attached hydrogen (secondary N) is 1. The van der Waals surface area contributed by atoms with Crippen molar-refractivity contribution in [1.82, 2.24) is 10.2 Å². The van der Waals surface area contributed by atoms with E-state index in [4.69, 9.17) is 0 Å². The second kappa shape index (κ2) is 8.86. The third-order valence-electron chi connectivity index (χ3n) is 5.39. The van der Waals surface area contributed by atoms with E-state index in [1.807, 2.05) is 20.8 Å². The molecule has 0 bridgehead atoms. The van der Waals surface area contributed by atoms with E-state index in [0.29, 0.717) is 6.42 Å². The highest BCUT2D eigenvalue weighted by atomic mass is 32.2. The van der Waals surface area contributed by atoms with E-state index >= 15 is 0 Å². The lowest BCUT2D eigenvalue weighted by atomic mass is 9.99. The zero-order valence-corrected chi connectivity index (χ0v) is 17.8. The molecule has 5 atom stereocenters. The summed E-state index contributed by atoms with van der Waals surface area (Å²) in [5.74, 6) is -1.49. The van der Waals surface area contributed by atoms with Gasteiger partial charge in [0.15, 0.2) is 10.1 Å². The third-order valence-corrected chi connectivity index (χ3v) is 8.28. The molecule has 2 saturated heterocycles. The molecule has 0 radical (unpaired) electrons. The fourth-order valence-electron chi connectivity index (χ4n) is 3.67. The second-order valence-electron chi connectivity index (χ2n) is 7.32. The summed E-state index contributed by atoms with van der Waals surface area (Å²) >= 11 is 2.31. The molecule has 0 aliphatic carbocycles. The largest absolute Gasteiger partial charge is 0.480 e. The van der Waals surface area contributed by atoms with E-state index < -0.39 is 22.3 Å². The summed E-state index contributed by atoms with van der Waals surface area (Å²) in [7, 11) is 0. The number of carboxylic acid groups (broad SMARTS) is 1. The molecule has 3 unspecified atom stereocenters. The maximum absolute atomic E-state index is 13.1. The molecular formula is C18H28N2O5S2. The number of amides is 2. The van der Waals surface area contributed by atoms with Crippen LogP contribution in [0.3, 0.4) is 0 Å². The van der Waals surface area contributed by atoms with Crippen molar-refractivity contribution in [1.29, 1.82) is 0 Å². The van der Waals surface area contributed by atoms with Crippen LogP contribution in [0.1, 0.15) is 53.4 Å². The second-order valence-corrected chi connectivity index (χ2v) is 9.89. The highest BCUT2D eigenvalue weighted by molar-refractivity contribution is 8.14. The Morgan fingerprint density at radius 2 is 2.11 bits per heavy atom. The molecule has 2 rings (SSSR count). The van der Waals surface area contributed by atoms with Crippen LogP contribution in [0.4, 0.5) is 0 Å². The van der Waals surface area contributed by atoms with Crippen LogP contribution in [0.5, 0.6) is 0 Å². The molecule has 2 aliphatic heterocycles. The van der Waals surface area contributed by atoms with Crippen molar-refractivity contribution < 1.29 is 24.3 Å². The molecule has 0 aromatic heterocycles. The molecule has 9 heteroatoms. The van der Waals surface area contributed by atoms with Crippen molar-refractivity contribution in [2.75, 3.05) is 5.75 Å². The van der Waals surface area contributed by atoms with Crippen molar-refractivity contribution in [2.24, 2.45) is 11.8 Å². The average Bonchev–Trinajstić information content (AvgIpc) is 2.94. The van der Waals surface area contributed by atoms with Gasteiger partial charge in [-0.25, -0.2) is 4.79 Å². The number of thioether (sulfide) groups is 2. The van der Waals surface area contributed by atoms with Gasteiger partial charge in [0.1, 0.15) is 6.04 Å². The molecule has 0 spiro atoms. The van der Waals surface area contributed by atoms with Gasteiger partial charge in [-0.1, -0.05) is 39.0 Å². The number of nitrogens with zero attached hydrogens (tertiary/aromatic N) is 1. The Bertz CT molecular complexity index is 629. The van der Waals surface area contributed by atoms with Crippen molar-refractivity contribution in [2.45, 2.75) is 69.7 Å². The van der Waals surface area contributed by atoms with E-state index in [1.54, 1.807) is 0 Å². The summed E-state index contributed by atoms with van der Waals surface area (Å²) in [5, 5.41) is 11.9. The van der Waals surface area contributed by atoms with Gasteiger partial charge in [0, 0.05) is 25.0 Å². The first-order chi connectivity index (χ1) is 12.6. The normalized spacial score (nSPS) is 30.2. The summed E-state index contributed by atoms with van der Waals surface area (Å²) in [6, 6.07) is -0.953. The van der Waals surface area contributed by atoms with Crippen molar-refractivity contribution in [3.8, 4) is 0 Å². The van der Waals surface area contributed by atoms with E-state index in [0.717, 1.165) is 24.6 Å². The highest BCUT2D eigenvalue weighted by Crippen LogP contribution is 2.47. The van der Waals surface area contributed by atoms with Gasteiger partial charge in [-0.3, -0.25) is 19.3 Å². The highest BCUT2D eigenvalue weighted by Gasteiger charge is 2.57. The van der Waals surface area contributed by atoms with Gasteiger partial charge in [0.05, 0.1) is 5.25 Å². The molecule has 152 valence electrons. The van der Waals surface area contributed by atoms with Crippen LogP contribution in [0.25, 0.3) is 0 Å². The van der Waals surface area contributed by atoms with Gasteiger partial charge in [-0.15, -0.1) is 11.8 Å². The lowest BCUT2D eigenvalue weighted by Gasteiger charge is -2.43. The molecule has 2 fully saturated rings. The molecule has 2 amide bonds. The number of carbonyl (C=O) groups is 4. The lowest BCUT2D eigenvalue weighted by molar-refractivity contribution is -0.153. The molecule has 2 N–H and O–H groups in total. The monoisotopic (exact) mass is 416 g/mol. The number of hydrogen-bond donors (Lipinski definition) is 2. The molecule has 7 nitrogen and oxygen atoms in total. The summed E-state index contributed by atoms with van der Waals surface area (Å²) < 4.78 is 0. The van der Waals surface area contributed by atoms with E-state index in [9.17, 15) is 24.3 Å².